The van der Waals surface area contributed by atoms with Crippen LogP contribution in [0.1, 0.15) is 35.6 Å². The Hall–Kier alpha value is -2.67. The van der Waals surface area contributed by atoms with E-state index in [-0.39, 0.29) is 24.3 Å². The van der Waals surface area contributed by atoms with Crippen molar-refractivity contribution < 1.29 is 9.53 Å². The third-order valence-corrected chi connectivity index (χ3v) is 6.06. The van der Waals surface area contributed by atoms with E-state index in [4.69, 9.17) is 4.74 Å². The van der Waals surface area contributed by atoms with Crippen molar-refractivity contribution >= 4 is 5.91 Å². The normalized spacial score (nSPS) is 24.2. The Kier molecular flexibility index (Phi) is 5.17. The van der Waals surface area contributed by atoms with Crippen LogP contribution in [0.15, 0.2) is 39.9 Å². The molecule has 3 unspecified atom stereocenters. The highest BCUT2D eigenvalue weighted by Crippen LogP contribution is 2.41. The van der Waals surface area contributed by atoms with Crippen molar-refractivity contribution in [2.45, 2.75) is 38.1 Å². The van der Waals surface area contributed by atoms with Gasteiger partial charge in [-0.05, 0) is 25.3 Å². The van der Waals surface area contributed by atoms with Gasteiger partial charge in [-0.1, -0.05) is 30.3 Å². The summed E-state index contributed by atoms with van der Waals surface area (Å²) in [6.45, 7) is 3.71. The number of likely N-dealkylation sites (tertiary alicyclic amines) is 1. The van der Waals surface area contributed by atoms with E-state index in [2.05, 4.69) is 22.1 Å². The number of H-pyrrole nitrogens is 2. The Bertz CT molecular complexity index is 966. The molecule has 2 N–H and O–H groups in total. The second kappa shape index (κ2) is 7.75. The second-order valence-electron chi connectivity index (χ2n) is 7.67. The van der Waals surface area contributed by atoms with Gasteiger partial charge in [0.05, 0.1) is 6.61 Å². The Labute approximate surface area is 162 Å². The van der Waals surface area contributed by atoms with Gasteiger partial charge in [0.1, 0.15) is 0 Å². The first-order chi connectivity index (χ1) is 13.5. The molecule has 0 aliphatic carbocycles. The molecule has 0 spiro atoms. The zero-order chi connectivity index (χ0) is 19.7. The molecule has 0 saturated carbocycles. The average Bonchev–Trinajstić information content (AvgIpc) is 3.07. The number of amides is 1. The Balaban J connectivity index is 1.51. The number of nitrogens with one attached hydrogen (secondary N) is 2. The summed E-state index contributed by atoms with van der Waals surface area (Å²) >= 11 is 0. The van der Waals surface area contributed by atoms with E-state index in [9.17, 15) is 14.4 Å². The van der Waals surface area contributed by atoms with E-state index >= 15 is 0 Å². The molecule has 0 bridgehead atoms. The van der Waals surface area contributed by atoms with E-state index in [1.807, 2.05) is 23.1 Å². The Morgan fingerprint density at radius 1 is 1.21 bits per heavy atom. The first-order valence-electron chi connectivity index (χ1n) is 9.79. The van der Waals surface area contributed by atoms with Crippen LogP contribution >= 0.6 is 0 Å². The maximum atomic E-state index is 13.0. The van der Waals surface area contributed by atoms with Gasteiger partial charge in [0, 0.05) is 48.7 Å². The van der Waals surface area contributed by atoms with Crippen LogP contribution in [0.25, 0.3) is 0 Å². The molecule has 3 atom stereocenters. The zero-order valence-electron chi connectivity index (χ0n) is 15.9. The lowest BCUT2D eigenvalue weighted by Crippen LogP contribution is -2.42. The number of hydrogen-bond acceptors (Lipinski definition) is 4. The summed E-state index contributed by atoms with van der Waals surface area (Å²) in [7, 11) is 0. The third-order valence-electron chi connectivity index (χ3n) is 6.06. The number of aryl methyl sites for hydroxylation is 1. The van der Waals surface area contributed by atoms with E-state index in [0.29, 0.717) is 43.4 Å². The molecule has 1 amide bonds. The maximum absolute atomic E-state index is 13.0. The molecule has 28 heavy (non-hydrogen) atoms. The smallest absolute Gasteiger partial charge is 0.325 e. The summed E-state index contributed by atoms with van der Waals surface area (Å²) < 4.78 is 5.72. The Morgan fingerprint density at radius 2 is 2.00 bits per heavy atom. The van der Waals surface area contributed by atoms with Crippen LogP contribution in [0.2, 0.25) is 0 Å². The SMILES string of the molecule is Cc1[nH]c(=O)[nH]c(=O)c1CCC(=O)N1CC(c2ccccc2)C2COCCC21. The number of nitrogens with zero attached hydrogens (tertiary/aromatic N) is 1. The highest BCUT2D eigenvalue weighted by molar-refractivity contribution is 5.77. The second-order valence-corrected chi connectivity index (χ2v) is 7.67. The van der Waals surface area contributed by atoms with Crippen LogP contribution in [0.3, 0.4) is 0 Å². The third kappa shape index (κ3) is 3.54. The molecule has 2 aliphatic rings. The van der Waals surface area contributed by atoms with Crippen LogP contribution in [-0.2, 0) is 16.0 Å². The van der Waals surface area contributed by atoms with Crippen LogP contribution in [-0.4, -0.2) is 46.6 Å². The van der Waals surface area contributed by atoms with Gasteiger partial charge in [0.15, 0.2) is 0 Å². The molecular formula is C21H25N3O4. The van der Waals surface area contributed by atoms with E-state index in [1.54, 1.807) is 6.92 Å². The monoisotopic (exact) mass is 383 g/mol. The Morgan fingerprint density at radius 3 is 2.75 bits per heavy atom. The van der Waals surface area contributed by atoms with Crippen LogP contribution in [0, 0.1) is 12.8 Å². The fourth-order valence-corrected chi connectivity index (χ4v) is 4.64. The van der Waals surface area contributed by atoms with E-state index < -0.39 is 11.2 Å². The number of fused-ring (bicyclic) bond motifs is 1. The molecule has 2 aliphatic heterocycles. The fourth-order valence-electron chi connectivity index (χ4n) is 4.64. The first-order valence-corrected chi connectivity index (χ1v) is 9.79. The number of benzene rings is 1. The average molecular weight is 383 g/mol. The largest absolute Gasteiger partial charge is 0.381 e. The predicted molar refractivity (Wildman–Crippen MR) is 104 cm³/mol. The molecule has 3 heterocycles. The van der Waals surface area contributed by atoms with E-state index in [1.165, 1.54) is 5.56 Å². The maximum Gasteiger partial charge on any atom is 0.325 e. The summed E-state index contributed by atoms with van der Waals surface area (Å²) in [5.41, 5.74) is 1.30. The van der Waals surface area contributed by atoms with Crippen molar-refractivity contribution in [2.75, 3.05) is 19.8 Å². The minimum atomic E-state index is -0.520. The van der Waals surface area contributed by atoms with Gasteiger partial charge >= 0.3 is 5.69 Å². The van der Waals surface area contributed by atoms with Gasteiger partial charge in [-0.15, -0.1) is 0 Å². The van der Waals surface area contributed by atoms with E-state index in [0.717, 1.165) is 6.42 Å². The summed E-state index contributed by atoms with van der Waals surface area (Å²) in [5, 5.41) is 0. The van der Waals surface area contributed by atoms with Gasteiger partial charge in [0.25, 0.3) is 5.56 Å². The number of rotatable bonds is 4. The number of hydrogen-bond donors (Lipinski definition) is 2. The van der Waals surface area contributed by atoms with Gasteiger partial charge in [0.2, 0.25) is 5.91 Å². The number of carbonyl (C=O) groups excluding carboxylic acids is 1. The van der Waals surface area contributed by atoms with Crippen molar-refractivity contribution in [1.82, 2.24) is 14.9 Å². The summed E-state index contributed by atoms with van der Waals surface area (Å²) in [5.74, 6) is 0.632. The van der Waals surface area contributed by atoms with Gasteiger partial charge in [-0.2, -0.15) is 0 Å². The van der Waals surface area contributed by atoms with Crippen molar-refractivity contribution in [3.05, 3.63) is 68.0 Å². The lowest BCUT2D eigenvalue weighted by atomic mass is 9.84. The van der Waals surface area contributed by atoms with Gasteiger partial charge < -0.3 is 14.6 Å². The van der Waals surface area contributed by atoms with Gasteiger partial charge in [-0.25, -0.2) is 4.79 Å². The predicted octanol–water partition coefficient (Wildman–Crippen LogP) is 1.34. The van der Waals surface area contributed by atoms with Gasteiger partial charge in [-0.3, -0.25) is 14.6 Å². The zero-order valence-corrected chi connectivity index (χ0v) is 15.9. The summed E-state index contributed by atoms with van der Waals surface area (Å²) in [6.07, 6.45) is 1.41. The molecule has 2 fully saturated rings. The highest BCUT2D eigenvalue weighted by Gasteiger charge is 2.45. The molecular weight excluding hydrogens is 358 g/mol. The molecule has 2 aromatic rings. The topological polar surface area (TPSA) is 95.3 Å². The number of ether oxygens (including phenoxy) is 1. The minimum Gasteiger partial charge on any atom is -0.381 e. The molecule has 148 valence electrons. The minimum absolute atomic E-state index is 0.0559. The van der Waals surface area contributed by atoms with Crippen molar-refractivity contribution in [3.63, 3.8) is 0 Å². The molecule has 7 nitrogen and oxygen atoms in total. The number of aromatic amines is 2. The standard InChI is InChI=1S/C21H25N3O4/c1-13-15(20(26)23-21(27)22-13)7-8-19(25)24-11-16(14-5-3-2-4-6-14)17-12-28-10-9-18(17)24/h2-6,16-18H,7-12H2,1H3,(H2,22,23,26,27). The highest BCUT2D eigenvalue weighted by atomic mass is 16.5. The lowest BCUT2D eigenvalue weighted by molar-refractivity contribution is -0.133. The fraction of sp³-hybridized carbons (Fsp3) is 0.476. The van der Waals surface area contributed by atoms with Crippen molar-refractivity contribution in [3.8, 4) is 0 Å². The number of carbonyl (C=O) groups is 1. The van der Waals surface area contributed by atoms with Crippen molar-refractivity contribution in [1.29, 1.82) is 0 Å². The van der Waals surface area contributed by atoms with Crippen LogP contribution in [0.4, 0.5) is 0 Å². The van der Waals surface area contributed by atoms with Crippen molar-refractivity contribution in [2.24, 2.45) is 5.92 Å². The molecule has 4 rings (SSSR count). The summed E-state index contributed by atoms with van der Waals surface area (Å²) in [4.78, 5) is 43.2. The van der Waals surface area contributed by atoms with Crippen LogP contribution < -0.4 is 11.2 Å². The quantitative estimate of drug-likeness (QED) is 0.833. The first kappa shape index (κ1) is 18.7. The molecule has 0 radical (unpaired) electrons. The molecule has 1 aromatic carbocycles. The summed E-state index contributed by atoms with van der Waals surface area (Å²) in [6, 6.07) is 10.5. The molecule has 2 saturated heterocycles. The van der Waals surface area contributed by atoms with Crippen LogP contribution in [0.5, 0.6) is 0 Å². The molecule has 1 aromatic heterocycles. The lowest BCUT2D eigenvalue weighted by Gasteiger charge is -2.32. The molecule has 7 heteroatoms. The number of aromatic nitrogens is 2.